The lowest BCUT2D eigenvalue weighted by Gasteiger charge is -2.31. The monoisotopic (exact) mass is 583 g/mol. The fraction of sp³-hybridized carbons (Fsp3) is 0.296. The van der Waals surface area contributed by atoms with Crippen LogP contribution in [0.25, 0.3) is 0 Å². The van der Waals surface area contributed by atoms with Gasteiger partial charge in [-0.3, -0.25) is 29.1 Å². The van der Waals surface area contributed by atoms with Gasteiger partial charge in [0, 0.05) is 16.5 Å². The number of imide groups is 1. The summed E-state index contributed by atoms with van der Waals surface area (Å²) in [6.07, 6.45) is 0. The van der Waals surface area contributed by atoms with E-state index in [0.717, 1.165) is 23.1 Å². The van der Waals surface area contributed by atoms with Gasteiger partial charge in [0.25, 0.3) is 0 Å². The number of nitrogens with one attached hydrogen (secondary N) is 2. The minimum absolute atomic E-state index is 0.249. The number of thiazole rings is 1. The van der Waals surface area contributed by atoms with Gasteiger partial charge >= 0.3 is 10.8 Å². The third kappa shape index (κ3) is 4.97. The molecule has 1 saturated heterocycles. The largest absolute Gasteiger partial charge is 0.493 e. The SMILES string of the molecule is CCOC(=O)c1ccc(NC(=O)Cn2c3c(sc2=O)C(c2ccc(OC)c(OC)c2)C2C(=O)NC(=O)C2S3)cc1. The highest BCUT2D eigenvalue weighted by molar-refractivity contribution is 8.00. The van der Waals surface area contributed by atoms with Crippen LogP contribution in [0.5, 0.6) is 11.5 Å². The van der Waals surface area contributed by atoms with Gasteiger partial charge in [-0.15, -0.1) is 0 Å². The molecule has 2 aromatic carbocycles. The molecule has 11 nitrogen and oxygen atoms in total. The molecule has 3 atom stereocenters. The third-order valence-electron chi connectivity index (χ3n) is 6.64. The van der Waals surface area contributed by atoms with Gasteiger partial charge in [-0.1, -0.05) is 29.2 Å². The number of methoxy groups -OCH3 is 2. The Labute approximate surface area is 236 Å². The summed E-state index contributed by atoms with van der Waals surface area (Å²) in [5, 5.41) is 4.84. The van der Waals surface area contributed by atoms with Crippen LogP contribution >= 0.6 is 23.1 Å². The number of thioether (sulfide) groups is 1. The van der Waals surface area contributed by atoms with Gasteiger partial charge in [0.2, 0.25) is 17.7 Å². The molecular formula is C27H25N3O8S2. The lowest BCUT2D eigenvalue weighted by molar-refractivity contribution is -0.126. The molecule has 40 heavy (non-hydrogen) atoms. The van der Waals surface area contributed by atoms with Gasteiger partial charge in [-0.25, -0.2) is 4.79 Å². The summed E-state index contributed by atoms with van der Waals surface area (Å²) in [6, 6.07) is 11.4. The van der Waals surface area contributed by atoms with E-state index in [4.69, 9.17) is 14.2 Å². The number of hydrogen-bond acceptors (Lipinski definition) is 10. The van der Waals surface area contributed by atoms with Crippen molar-refractivity contribution in [3.05, 3.63) is 68.1 Å². The van der Waals surface area contributed by atoms with Crippen molar-refractivity contribution >= 4 is 52.5 Å². The summed E-state index contributed by atoms with van der Waals surface area (Å²) < 4.78 is 17.1. The number of hydrogen-bond donors (Lipinski definition) is 2. The predicted molar refractivity (Wildman–Crippen MR) is 147 cm³/mol. The second-order valence-electron chi connectivity index (χ2n) is 8.98. The van der Waals surface area contributed by atoms with Gasteiger partial charge in [-0.05, 0) is 48.9 Å². The third-order valence-corrected chi connectivity index (χ3v) is 9.25. The number of carbonyl (C=O) groups is 4. The molecule has 0 aliphatic carbocycles. The maximum atomic E-state index is 13.2. The molecule has 1 aromatic heterocycles. The molecule has 3 heterocycles. The van der Waals surface area contributed by atoms with Crippen LogP contribution in [0, 0.1) is 5.92 Å². The first kappa shape index (κ1) is 27.5. The lowest BCUT2D eigenvalue weighted by Crippen LogP contribution is -2.32. The van der Waals surface area contributed by atoms with Gasteiger partial charge in [-0.2, -0.15) is 0 Å². The molecule has 0 spiro atoms. The van der Waals surface area contributed by atoms with Crippen LogP contribution in [-0.4, -0.2) is 54.3 Å². The fourth-order valence-electron chi connectivity index (χ4n) is 4.83. The first-order valence-electron chi connectivity index (χ1n) is 12.3. The van der Waals surface area contributed by atoms with Gasteiger partial charge < -0.3 is 19.5 Å². The number of carbonyl (C=O) groups excluding carboxylic acids is 4. The van der Waals surface area contributed by atoms with Crippen molar-refractivity contribution in [3.63, 3.8) is 0 Å². The lowest BCUT2D eigenvalue weighted by atomic mass is 9.83. The van der Waals surface area contributed by atoms with Crippen molar-refractivity contribution in [2.24, 2.45) is 5.92 Å². The number of aromatic nitrogens is 1. The van der Waals surface area contributed by atoms with Crippen molar-refractivity contribution < 1.29 is 33.4 Å². The Kier molecular flexibility index (Phi) is 7.68. The highest BCUT2D eigenvalue weighted by Gasteiger charge is 2.53. The molecular weight excluding hydrogens is 558 g/mol. The first-order valence-corrected chi connectivity index (χ1v) is 14.0. The smallest absolute Gasteiger partial charge is 0.338 e. The number of nitrogens with zero attached hydrogens (tertiary/aromatic N) is 1. The second kappa shape index (κ2) is 11.2. The number of rotatable bonds is 8. The molecule has 2 N–H and O–H groups in total. The molecule has 5 rings (SSSR count). The molecule has 3 aromatic rings. The van der Waals surface area contributed by atoms with Crippen molar-refractivity contribution in [3.8, 4) is 11.5 Å². The minimum Gasteiger partial charge on any atom is -0.493 e. The number of esters is 1. The zero-order valence-electron chi connectivity index (χ0n) is 21.7. The quantitative estimate of drug-likeness (QED) is 0.302. The normalized spacial score (nSPS) is 19.3. The molecule has 0 bridgehead atoms. The molecule has 1 fully saturated rings. The van der Waals surface area contributed by atoms with Crippen LogP contribution in [0.15, 0.2) is 52.3 Å². The topological polar surface area (TPSA) is 142 Å². The van der Waals surface area contributed by atoms with Crippen LogP contribution in [0.2, 0.25) is 0 Å². The number of benzene rings is 2. The summed E-state index contributed by atoms with van der Waals surface area (Å²) in [7, 11) is 3.01. The van der Waals surface area contributed by atoms with E-state index in [-0.39, 0.29) is 18.0 Å². The molecule has 0 saturated carbocycles. The van der Waals surface area contributed by atoms with Gasteiger partial charge in [0.1, 0.15) is 11.8 Å². The van der Waals surface area contributed by atoms with Crippen LogP contribution in [0.3, 0.4) is 0 Å². The van der Waals surface area contributed by atoms with Crippen LogP contribution in [0.4, 0.5) is 5.69 Å². The molecule has 0 radical (unpaired) electrons. The summed E-state index contributed by atoms with van der Waals surface area (Å²) in [4.78, 5) is 63.8. The van der Waals surface area contributed by atoms with Crippen molar-refractivity contribution in [2.45, 2.75) is 29.7 Å². The standard InChI is InChI=1S/C27H25N3O8S2/c1-4-38-26(34)13-5-8-15(9-6-13)28-18(31)12-30-25-22(40-27(30)35)19(20-21(39-25)24(33)29-23(20)32)14-7-10-16(36-2)17(11-14)37-3/h5-11,19-21H,4,12H2,1-3H3,(H,28,31)(H,29,32,33). The fourth-order valence-corrected chi connectivity index (χ4v) is 7.57. The Morgan fingerprint density at radius 1 is 1.00 bits per heavy atom. The van der Waals surface area contributed by atoms with E-state index in [9.17, 15) is 24.0 Å². The van der Waals surface area contributed by atoms with Crippen molar-refractivity contribution in [1.29, 1.82) is 0 Å². The van der Waals surface area contributed by atoms with E-state index in [1.165, 1.54) is 30.9 Å². The Morgan fingerprint density at radius 2 is 1.73 bits per heavy atom. The molecule has 13 heteroatoms. The zero-order chi connectivity index (χ0) is 28.6. The average molecular weight is 584 g/mol. The molecule has 2 aliphatic heterocycles. The van der Waals surface area contributed by atoms with E-state index in [1.54, 1.807) is 37.3 Å². The average Bonchev–Trinajstić information content (AvgIpc) is 3.41. The Bertz CT molecular complexity index is 1560. The maximum absolute atomic E-state index is 13.2. The van der Waals surface area contributed by atoms with E-state index in [0.29, 0.717) is 38.2 Å². The van der Waals surface area contributed by atoms with Crippen molar-refractivity contribution in [1.82, 2.24) is 9.88 Å². The van der Waals surface area contributed by atoms with Gasteiger partial charge in [0.15, 0.2) is 11.5 Å². The Balaban J connectivity index is 1.46. The molecule has 2 aliphatic rings. The van der Waals surface area contributed by atoms with Crippen LogP contribution < -0.4 is 25.0 Å². The summed E-state index contributed by atoms with van der Waals surface area (Å²) in [5.74, 6) is -2.18. The number of fused-ring (bicyclic) bond motifs is 2. The van der Waals surface area contributed by atoms with E-state index in [2.05, 4.69) is 10.6 Å². The van der Waals surface area contributed by atoms with Gasteiger partial charge in [0.05, 0.1) is 37.3 Å². The summed E-state index contributed by atoms with van der Waals surface area (Å²) in [6.45, 7) is 1.66. The first-order chi connectivity index (χ1) is 19.2. The summed E-state index contributed by atoms with van der Waals surface area (Å²) in [5.41, 5.74) is 1.46. The highest BCUT2D eigenvalue weighted by Crippen LogP contribution is 2.52. The Morgan fingerprint density at radius 3 is 2.40 bits per heavy atom. The molecule has 3 unspecified atom stereocenters. The number of amides is 3. The van der Waals surface area contributed by atoms with Crippen molar-refractivity contribution in [2.75, 3.05) is 26.1 Å². The molecule has 3 amide bonds. The van der Waals surface area contributed by atoms with Crippen LogP contribution in [0.1, 0.15) is 33.6 Å². The van der Waals surface area contributed by atoms with Crippen LogP contribution in [-0.2, 0) is 25.7 Å². The highest BCUT2D eigenvalue weighted by atomic mass is 32.2. The van der Waals surface area contributed by atoms with E-state index >= 15 is 0 Å². The second-order valence-corrected chi connectivity index (χ2v) is 11.1. The number of ether oxygens (including phenoxy) is 3. The summed E-state index contributed by atoms with van der Waals surface area (Å²) >= 11 is 2.06. The van der Waals surface area contributed by atoms with E-state index in [1.807, 2.05) is 0 Å². The van der Waals surface area contributed by atoms with E-state index < -0.39 is 40.8 Å². The minimum atomic E-state index is -0.767. The predicted octanol–water partition coefficient (Wildman–Crippen LogP) is 2.62. The Hall–Kier alpha value is -4.10. The molecule has 208 valence electrons. The maximum Gasteiger partial charge on any atom is 0.338 e. The zero-order valence-corrected chi connectivity index (χ0v) is 23.4. The number of anilines is 1.